The number of allylic oxidation sites excluding steroid dienone is 10. The van der Waals surface area contributed by atoms with Gasteiger partial charge in [-0.2, -0.15) is 0 Å². The Morgan fingerprint density at radius 2 is 1.17 bits per heavy atom. The first kappa shape index (κ1) is 26.0. The highest BCUT2D eigenvalue weighted by Gasteiger charge is 1.96. The van der Waals surface area contributed by atoms with E-state index in [1.54, 1.807) is 6.26 Å². The predicted octanol–water partition coefficient (Wildman–Crippen LogP) is 9.69. The van der Waals surface area contributed by atoms with Crippen LogP contribution < -0.4 is 0 Å². The molecule has 0 saturated heterocycles. The number of hydrogen-bond donors (Lipinski definition) is 0. The zero-order valence-electron chi connectivity index (χ0n) is 20.2. The standard InChI is InChI=1S/C29H44O/c1-6-7-8-13-25(2)14-9-15-26(3)16-10-17-27(4)18-11-19-28(5)20-12-21-29-22-23-30-24-29/h6-7,14,16,18,20,22-24H,8-13,15,17,19,21H2,1-5H3/b7-6-,25-14+,26-16+,27-18+,28-20+. The fraction of sp³-hybridized carbons (Fsp3) is 0.517. The van der Waals surface area contributed by atoms with Gasteiger partial charge in [0.1, 0.15) is 0 Å². The van der Waals surface area contributed by atoms with E-state index in [1.165, 1.54) is 60.0 Å². The lowest BCUT2D eigenvalue weighted by molar-refractivity contribution is 0.564. The topological polar surface area (TPSA) is 13.1 Å². The molecule has 0 fully saturated rings. The molecule has 0 radical (unpaired) electrons. The zero-order chi connectivity index (χ0) is 22.0. The quantitative estimate of drug-likeness (QED) is 0.263. The lowest BCUT2D eigenvalue weighted by atomic mass is 10.0. The van der Waals surface area contributed by atoms with Crippen LogP contribution in [0.3, 0.4) is 0 Å². The molecule has 0 aliphatic rings. The molecule has 0 amide bonds. The van der Waals surface area contributed by atoms with Crippen molar-refractivity contribution in [1.29, 1.82) is 0 Å². The lowest BCUT2D eigenvalue weighted by Gasteiger charge is -2.03. The van der Waals surface area contributed by atoms with Gasteiger partial charge in [0.05, 0.1) is 12.5 Å². The summed E-state index contributed by atoms with van der Waals surface area (Å²) in [6.07, 6.45) is 29.2. The summed E-state index contributed by atoms with van der Waals surface area (Å²) in [4.78, 5) is 0. The summed E-state index contributed by atoms with van der Waals surface area (Å²) in [6.45, 7) is 11.2. The smallest absolute Gasteiger partial charge is 0.0934 e. The largest absolute Gasteiger partial charge is 0.472 e. The maximum atomic E-state index is 5.12. The molecule has 1 nitrogen and oxygen atoms in total. The second-order valence-corrected chi connectivity index (χ2v) is 8.60. The minimum Gasteiger partial charge on any atom is -0.472 e. The summed E-state index contributed by atoms with van der Waals surface area (Å²) in [7, 11) is 0. The van der Waals surface area contributed by atoms with E-state index in [-0.39, 0.29) is 0 Å². The van der Waals surface area contributed by atoms with Crippen LogP contribution in [-0.2, 0) is 6.42 Å². The van der Waals surface area contributed by atoms with E-state index >= 15 is 0 Å². The van der Waals surface area contributed by atoms with Gasteiger partial charge >= 0.3 is 0 Å². The van der Waals surface area contributed by atoms with Crippen LogP contribution in [0.1, 0.15) is 98.0 Å². The van der Waals surface area contributed by atoms with Gasteiger partial charge in [0.25, 0.3) is 0 Å². The molecular weight excluding hydrogens is 364 g/mol. The van der Waals surface area contributed by atoms with Crippen LogP contribution in [0.15, 0.2) is 81.8 Å². The van der Waals surface area contributed by atoms with Gasteiger partial charge in [-0.15, -0.1) is 0 Å². The summed E-state index contributed by atoms with van der Waals surface area (Å²) >= 11 is 0. The van der Waals surface area contributed by atoms with Crippen LogP contribution >= 0.6 is 0 Å². The molecule has 0 spiro atoms. The molecule has 0 bridgehead atoms. The van der Waals surface area contributed by atoms with Crippen LogP contribution in [-0.4, -0.2) is 0 Å². The molecular formula is C29H44O. The molecule has 1 heterocycles. The maximum absolute atomic E-state index is 5.12. The zero-order valence-corrected chi connectivity index (χ0v) is 20.2. The van der Waals surface area contributed by atoms with Crippen molar-refractivity contribution in [3.63, 3.8) is 0 Å². The third-order valence-electron chi connectivity index (χ3n) is 5.54. The third-order valence-corrected chi connectivity index (χ3v) is 5.54. The minimum atomic E-state index is 1.07. The Hall–Kier alpha value is -2.02. The van der Waals surface area contributed by atoms with Crippen LogP contribution in [0.5, 0.6) is 0 Å². The third kappa shape index (κ3) is 14.0. The highest BCUT2D eigenvalue weighted by Crippen LogP contribution is 2.15. The molecule has 0 aromatic carbocycles. The van der Waals surface area contributed by atoms with Crippen molar-refractivity contribution < 1.29 is 4.42 Å². The van der Waals surface area contributed by atoms with Gasteiger partial charge in [0.2, 0.25) is 0 Å². The van der Waals surface area contributed by atoms with Crippen molar-refractivity contribution in [1.82, 2.24) is 0 Å². The van der Waals surface area contributed by atoms with Crippen LogP contribution in [0, 0.1) is 0 Å². The van der Waals surface area contributed by atoms with Gasteiger partial charge in [-0.3, -0.25) is 0 Å². The van der Waals surface area contributed by atoms with E-state index in [0.29, 0.717) is 0 Å². The van der Waals surface area contributed by atoms with Crippen molar-refractivity contribution in [3.05, 3.63) is 82.9 Å². The second-order valence-electron chi connectivity index (χ2n) is 8.60. The summed E-state index contributed by atoms with van der Waals surface area (Å²) in [6, 6.07) is 2.05. The van der Waals surface area contributed by atoms with E-state index in [0.717, 1.165) is 32.1 Å². The van der Waals surface area contributed by atoms with Gasteiger partial charge in [0, 0.05) is 0 Å². The van der Waals surface area contributed by atoms with Gasteiger partial charge in [-0.25, -0.2) is 0 Å². The molecule has 0 aliphatic heterocycles. The molecule has 0 N–H and O–H groups in total. The molecule has 0 atom stereocenters. The normalized spacial score (nSPS) is 14.2. The Labute approximate surface area is 186 Å². The maximum Gasteiger partial charge on any atom is 0.0934 e. The molecule has 1 rings (SSSR count). The molecule has 1 aromatic heterocycles. The van der Waals surface area contributed by atoms with E-state index in [9.17, 15) is 0 Å². The van der Waals surface area contributed by atoms with Crippen molar-refractivity contribution in [3.8, 4) is 0 Å². The van der Waals surface area contributed by atoms with E-state index < -0.39 is 0 Å². The second kappa shape index (κ2) is 16.7. The summed E-state index contributed by atoms with van der Waals surface area (Å²) in [5, 5.41) is 0. The Morgan fingerprint density at radius 3 is 1.60 bits per heavy atom. The van der Waals surface area contributed by atoms with Crippen LogP contribution in [0.2, 0.25) is 0 Å². The molecule has 0 saturated carbocycles. The highest BCUT2D eigenvalue weighted by atomic mass is 16.3. The lowest BCUT2D eigenvalue weighted by Crippen LogP contribution is -1.83. The van der Waals surface area contributed by atoms with Crippen LogP contribution in [0.25, 0.3) is 0 Å². The Bertz CT molecular complexity index is 708. The first-order valence-electron chi connectivity index (χ1n) is 11.8. The summed E-state index contributed by atoms with van der Waals surface area (Å²) < 4.78 is 5.12. The monoisotopic (exact) mass is 408 g/mol. The summed E-state index contributed by atoms with van der Waals surface area (Å²) in [5.41, 5.74) is 7.34. The van der Waals surface area contributed by atoms with E-state index in [1.807, 2.05) is 6.26 Å². The van der Waals surface area contributed by atoms with Crippen molar-refractivity contribution in [2.75, 3.05) is 0 Å². The molecule has 0 unspecified atom stereocenters. The molecule has 1 aromatic rings. The Balaban J connectivity index is 2.18. The fourth-order valence-electron chi connectivity index (χ4n) is 3.44. The van der Waals surface area contributed by atoms with E-state index in [4.69, 9.17) is 4.42 Å². The van der Waals surface area contributed by atoms with Gasteiger partial charge in [-0.05, 0) is 110 Å². The summed E-state index contributed by atoms with van der Waals surface area (Å²) in [5.74, 6) is 0. The first-order valence-corrected chi connectivity index (χ1v) is 11.8. The average molecular weight is 409 g/mol. The molecule has 0 aliphatic carbocycles. The van der Waals surface area contributed by atoms with E-state index in [2.05, 4.69) is 77.1 Å². The highest BCUT2D eigenvalue weighted by molar-refractivity contribution is 5.10. The minimum absolute atomic E-state index is 1.07. The predicted molar refractivity (Wildman–Crippen MR) is 134 cm³/mol. The average Bonchev–Trinajstić information content (AvgIpc) is 3.22. The van der Waals surface area contributed by atoms with Gasteiger partial charge < -0.3 is 4.42 Å². The van der Waals surface area contributed by atoms with Crippen molar-refractivity contribution >= 4 is 0 Å². The van der Waals surface area contributed by atoms with Crippen molar-refractivity contribution in [2.24, 2.45) is 0 Å². The SMILES string of the molecule is C/C=C\CC/C(C)=C/CC/C(C)=C/CC/C(C)=C/CC/C(C)=C/CCc1ccoc1. The number of aryl methyl sites for hydroxylation is 1. The van der Waals surface area contributed by atoms with Gasteiger partial charge in [-0.1, -0.05) is 58.7 Å². The number of furan rings is 1. The van der Waals surface area contributed by atoms with Crippen LogP contribution in [0.4, 0.5) is 0 Å². The Kier molecular flexibility index (Phi) is 14.5. The molecule has 1 heteroatoms. The van der Waals surface area contributed by atoms with Crippen molar-refractivity contribution in [2.45, 2.75) is 98.8 Å². The first-order chi connectivity index (χ1) is 14.5. The number of hydrogen-bond acceptors (Lipinski definition) is 1. The number of rotatable bonds is 15. The Morgan fingerprint density at radius 1 is 0.700 bits per heavy atom. The van der Waals surface area contributed by atoms with Gasteiger partial charge in [0.15, 0.2) is 0 Å². The fourth-order valence-corrected chi connectivity index (χ4v) is 3.44. The molecule has 166 valence electrons. The molecule has 30 heavy (non-hydrogen) atoms.